The minimum atomic E-state index is -0.00462. The van der Waals surface area contributed by atoms with E-state index in [-0.39, 0.29) is 17.7 Å². The van der Waals surface area contributed by atoms with Crippen LogP contribution >= 0.6 is 11.3 Å². The number of morpholine rings is 1. The third-order valence-electron chi connectivity index (χ3n) is 5.97. The Kier molecular flexibility index (Phi) is 6.69. The first-order chi connectivity index (χ1) is 14.6. The molecule has 1 aromatic carbocycles. The largest absolute Gasteiger partial charge is 0.378 e. The molecule has 3 heterocycles. The number of piperidine rings is 1. The highest BCUT2D eigenvalue weighted by molar-refractivity contribution is 7.12. The molecule has 2 saturated heterocycles. The number of benzene rings is 1. The summed E-state index contributed by atoms with van der Waals surface area (Å²) in [6.45, 7) is 5.30. The first kappa shape index (κ1) is 20.9. The molecule has 30 heavy (non-hydrogen) atoms. The van der Waals surface area contributed by atoms with Gasteiger partial charge in [-0.2, -0.15) is 0 Å². The van der Waals surface area contributed by atoms with Crippen molar-refractivity contribution >= 4 is 28.8 Å². The van der Waals surface area contributed by atoms with E-state index in [9.17, 15) is 9.59 Å². The number of hydrogen-bond acceptors (Lipinski definition) is 5. The molecule has 0 atom stereocenters. The summed E-state index contributed by atoms with van der Waals surface area (Å²) in [5.41, 5.74) is 2.34. The Morgan fingerprint density at radius 1 is 1.07 bits per heavy atom. The van der Waals surface area contributed by atoms with E-state index in [2.05, 4.69) is 29.2 Å². The molecule has 2 amide bonds. The molecule has 0 N–H and O–H groups in total. The van der Waals surface area contributed by atoms with Gasteiger partial charge >= 0.3 is 0 Å². The van der Waals surface area contributed by atoms with Gasteiger partial charge in [0, 0.05) is 51.4 Å². The van der Waals surface area contributed by atoms with Gasteiger partial charge in [0.25, 0.3) is 5.91 Å². The van der Waals surface area contributed by atoms with Gasteiger partial charge in [0.05, 0.1) is 18.1 Å². The number of likely N-dealkylation sites (tertiary alicyclic amines) is 1. The second-order valence-electron chi connectivity index (χ2n) is 8.00. The van der Waals surface area contributed by atoms with Gasteiger partial charge in [-0.25, -0.2) is 0 Å². The first-order valence-corrected chi connectivity index (χ1v) is 11.5. The fourth-order valence-electron chi connectivity index (χ4n) is 4.18. The van der Waals surface area contributed by atoms with Gasteiger partial charge in [-0.3, -0.25) is 9.59 Å². The molecule has 2 aliphatic heterocycles. The van der Waals surface area contributed by atoms with Crippen molar-refractivity contribution in [2.24, 2.45) is 5.92 Å². The monoisotopic (exact) mass is 427 g/mol. The standard InChI is InChI=1S/C23H29N3O3S/c1-24(17-18-4-6-20(7-5-18)25-12-14-29-15-13-25)22(27)19-8-10-26(11-9-19)23(28)21-3-2-16-30-21/h2-7,16,19H,8-15,17H2,1H3. The summed E-state index contributed by atoms with van der Waals surface area (Å²) >= 11 is 1.47. The molecule has 0 aliphatic carbocycles. The molecule has 4 rings (SSSR count). The highest BCUT2D eigenvalue weighted by Crippen LogP contribution is 2.23. The molecule has 2 fully saturated rings. The number of carbonyl (C=O) groups excluding carboxylic acids is 2. The van der Waals surface area contributed by atoms with Gasteiger partial charge < -0.3 is 19.4 Å². The summed E-state index contributed by atoms with van der Waals surface area (Å²) in [5, 5.41) is 1.92. The van der Waals surface area contributed by atoms with Gasteiger partial charge in [0.1, 0.15) is 0 Å². The first-order valence-electron chi connectivity index (χ1n) is 10.6. The summed E-state index contributed by atoms with van der Waals surface area (Å²) in [6.07, 6.45) is 1.46. The average molecular weight is 428 g/mol. The van der Waals surface area contributed by atoms with E-state index in [0.717, 1.165) is 49.6 Å². The minimum Gasteiger partial charge on any atom is -0.378 e. The average Bonchev–Trinajstić information content (AvgIpc) is 3.34. The van der Waals surface area contributed by atoms with E-state index in [0.29, 0.717) is 19.6 Å². The molecular formula is C23H29N3O3S. The number of thiophene rings is 1. The molecule has 0 radical (unpaired) electrons. The topological polar surface area (TPSA) is 53.1 Å². The predicted molar refractivity (Wildman–Crippen MR) is 119 cm³/mol. The van der Waals surface area contributed by atoms with E-state index in [1.807, 2.05) is 34.4 Å². The molecule has 7 heteroatoms. The van der Waals surface area contributed by atoms with Gasteiger partial charge in [-0.15, -0.1) is 11.3 Å². The minimum absolute atomic E-state index is 0.00462. The highest BCUT2D eigenvalue weighted by Gasteiger charge is 2.29. The zero-order valence-corrected chi connectivity index (χ0v) is 18.3. The number of hydrogen-bond donors (Lipinski definition) is 0. The fourth-order valence-corrected chi connectivity index (χ4v) is 4.87. The van der Waals surface area contributed by atoms with Crippen molar-refractivity contribution in [2.45, 2.75) is 19.4 Å². The highest BCUT2D eigenvalue weighted by atomic mass is 32.1. The summed E-state index contributed by atoms with van der Waals surface area (Å²) in [7, 11) is 1.88. The van der Waals surface area contributed by atoms with Crippen LogP contribution in [0.5, 0.6) is 0 Å². The van der Waals surface area contributed by atoms with E-state index in [1.54, 1.807) is 0 Å². The van der Waals surface area contributed by atoms with Crippen molar-refractivity contribution in [1.82, 2.24) is 9.80 Å². The van der Waals surface area contributed by atoms with Crippen molar-refractivity contribution in [3.63, 3.8) is 0 Å². The number of amides is 2. The van der Waals surface area contributed by atoms with E-state index in [1.165, 1.54) is 17.0 Å². The Morgan fingerprint density at radius 2 is 1.77 bits per heavy atom. The Morgan fingerprint density at radius 3 is 2.40 bits per heavy atom. The lowest BCUT2D eigenvalue weighted by atomic mass is 9.95. The number of anilines is 1. The van der Waals surface area contributed by atoms with Crippen LogP contribution in [0, 0.1) is 5.92 Å². The normalized spacial score (nSPS) is 17.8. The van der Waals surface area contributed by atoms with Crippen LogP contribution in [0.2, 0.25) is 0 Å². The maximum Gasteiger partial charge on any atom is 0.263 e. The van der Waals surface area contributed by atoms with Crippen LogP contribution in [0.15, 0.2) is 41.8 Å². The van der Waals surface area contributed by atoms with Gasteiger partial charge in [-0.05, 0) is 42.0 Å². The third-order valence-corrected chi connectivity index (χ3v) is 6.83. The van der Waals surface area contributed by atoms with Crippen LogP contribution in [-0.2, 0) is 16.1 Å². The molecule has 0 spiro atoms. The van der Waals surface area contributed by atoms with Crippen LogP contribution in [0.4, 0.5) is 5.69 Å². The molecular weight excluding hydrogens is 398 g/mol. The van der Waals surface area contributed by atoms with Crippen LogP contribution in [0.3, 0.4) is 0 Å². The number of rotatable bonds is 5. The molecule has 2 aliphatic rings. The van der Waals surface area contributed by atoms with Crippen molar-refractivity contribution in [3.05, 3.63) is 52.2 Å². The zero-order chi connectivity index (χ0) is 20.9. The van der Waals surface area contributed by atoms with Crippen LogP contribution < -0.4 is 4.90 Å². The number of nitrogens with zero attached hydrogens (tertiary/aromatic N) is 3. The van der Waals surface area contributed by atoms with Crippen LogP contribution in [-0.4, -0.2) is 68.1 Å². The van der Waals surface area contributed by atoms with Crippen molar-refractivity contribution in [2.75, 3.05) is 51.3 Å². The Hall–Kier alpha value is -2.38. The lowest BCUT2D eigenvalue weighted by molar-refractivity contribution is -0.136. The number of carbonyl (C=O) groups is 2. The van der Waals surface area contributed by atoms with Crippen LogP contribution in [0.25, 0.3) is 0 Å². The summed E-state index contributed by atoms with van der Waals surface area (Å²) < 4.78 is 5.41. The SMILES string of the molecule is CN(Cc1ccc(N2CCOCC2)cc1)C(=O)C1CCN(C(=O)c2cccs2)CC1. The lowest BCUT2D eigenvalue weighted by Gasteiger charge is -2.33. The van der Waals surface area contributed by atoms with Crippen LogP contribution in [0.1, 0.15) is 28.1 Å². The van der Waals surface area contributed by atoms with E-state index in [4.69, 9.17) is 4.74 Å². The lowest BCUT2D eigenvalue weighted by Crippen LogP contribution is -2.43. The fraction of sp³-hybridized carbons (Fsp3) is 0.478. The van der Waals surface area contributed by atoms with Gasteiger partial charge in [-0.1, -0.05) is 18.2 Å². The maximum absolute atomic E-state index is 12.9. The summed E-state index contributed by atoms with van der Waals surface area (Å²) in [5.74, 6) is 0.259. The molecule has 0 saturated carbocycles. The Balaban J connectivity index is 1.27. The Bertz CT molecular complexity index is 839. The van der Waals surface area contributed by atoms with Gasteiger partial charge in [0.2, 0.25) is 5.91 Å². The second-order valence-corrected chi connectivity index (χ2v) is 8.95. The molecule has 160 valence electrons. The second kappa shape index (κ2) is 9.62. The van der Waals surface area contributed by atoms with Gasteiger partial charge in [0.15, 0.2) is 0 Å². The van der Waals surface area contributed by atoms with Crippen molar-refractivity contribution in [1.29, 1.82) is 0 Å². The maximum atomic E-state index is 12.9. The smallest absolute Gasteiger partial charge is 0.263 e. The summed E-state index contributed by atoms with van der Waals surface area (Å²) in [6, 6.07) is 12.2. The van der Waals surface area contributed by atoms with E-state index >= 15 is 0 Å². The third kappa shape index (κ3) is 4.84. The molecule has 1 aromatic heterocycles. The quantitative estimate of drug-likeness (QED) is 0.736. The predicted octanol–water partition coefficient (Wildman–Crippen LogP) is 3.10. The summed E-state index contributed by atoms with van der Waals surface area (Å²) in [4.78, 5) is 32.2. The molecule has 2 aromatic rings. The van der Waals surface area contributed by atoms with Crippen molar-refractivity contribution in [3.8, 4) is 0 Å². The zero-order valence-electron chi connectivity index (χ0n) is 17.5. The van der Waals surface area contributed by atoms with E-state index < -0.39 is 0 Å². The Labute approximate surface area is 182 Å². The van der Waals surface area contributed by atoms with Crippen molar-refractivity contribution < 1.29 is 14.3 Å². The molecule has 0 unspecified atom stereocenters. The number of ether oxygens (including phenoxy) is 1. The molecule has 6 nitrogen and oxygen atoms in total. The molecule has 0 bridgehead atoms.